The number of carbonyl (C=O) groups excluding carboxylic acids is 3. The molecule has 2 atom stereocenters. The van der Waals surface area contributed by atoms with Gasteiger partial charge >= 0.3 is 6.09 Å². The maximum atomic E-state index is 14.5. The van der Waals surface area contributed by atoms with E-state index in [4.69, 9.17) is 17.7 Å². The zero-order chi connectivity index (χ0) is 32.7. The summed E-state index contributed by atoms with van der Waals surface area (Å²) >= 11 is 7.78. The van der Waals surface area contributed by atoms with Gasteiger partial charge in [0.25, 0.3) is 0 Å². The van der Waals surface area contributed by atoms with Crippen LogP contribution in [0.5, 0.6) is 5.75 Å². The van der Waals surface area contributed by atoms with Crippen molar-refractivity contribution in [2.75, 3.05) is 19.6 Å². The monoisotopic (exact) mass is 641 g/mol. The molecule has 0 unspecified atom stereocenters. The first-order valence-electron chi connectivity index (χ1n) is 16.6. The molecule has 2 aliphatic carbocycles. The molecule has 1 aromatic heterocycles. The van der Waals surface area contributed by atoms with Gasteiger partial charge in [0.15, 0.2) is 5.75 Å². The van der Waals surface area contributed by atoms with Crippen molar-refractivity contribution >= 4 is 40.8 Å². The molecule has 11 heteroatoms. The van der Waals surface area contributed by atoms with Crippen molar-refractivity contribution in [2.45, 2.75) is 95.3 Å². The Kier molecular flexibility index (Phi) is 10.6. The van der Waals surface area contributed by atoms with E-state index in [0.29, 0.717) is 25.7 Å². The van der Waals surface area contributed by atoms with Crippen LogP contribution in [-0.4, -0.2) is 65.4 Å². The lowest BCUT2D eigenvalue weighted by atomic mass is 9.83. The number of carbonyl (C=O) groups is 3. The Morgan fingerprint density at radius 3 is 2.52 bits per heavy atom. The van der Waals surface area contributed by atoms with Crippen molar-refractivity contribution < 1.29 is 21.9 Å². The van der Waals surface area contributed by atoms with Gasteiger partial charge in [0, 0.05) is 26.7 Å². The lowest BCUT2D eigenvalue weighted by Crippen LogP contribution is -2.64. The molecule has 236 valence electrons. The van der Waals surface area contributed by atoms with Crippen LogP contribution in [0.4, 0.5) is 4.79 Å². The van der Waals surface area contributed by atoms with E-state index in [2.05, 4.69) is 10.6 Å². The number of nitrogens with zero attached hydrogens (tertiary/aromatic N) is 3. The maximum absolute atomic E-state index is 14.5. The van der Waals surface area contributed by atoms with E-state index in [-0.39, 0.29) is 54.8 Å². The first kappa shape index (κ1) is 29.6. The molecule has 9 nitrogen and oxygen atoms in total. The van der Waals surface area contributed by atoms with E-state index in [9.17, 15) is 21.0 Å². The predicted octanol–water partition coefficient (Wildman–Crippen LogP) is 5.86. The number of ether oxygens (including phenoxy) is 1. The molecule has 3 fully saturated rings. The van der Waals surface area contributed by atoms with Gasteiger partial charge in [0.2, 0.25) is 11.8 Å². The Bertz CT molecular complexity index is 1400. The molecule has 0 bridgehead atoms. The molecule has 5 rings (SSSR count). The lowest BCUT2D eigenvalue weighted by molar-refractivity contribution is -0.145. The minimum absolute atomic E-state index is 0.0189. The summed E-state index contributed by atoms with van der Waals surface area (Å²) < 4.78 is 23.9. The second-order valence-corrected chi connectivity index (χ2v) is 13.2. The number of nitrogens with one attached hydrogen (secondary N) is 2. The van der Waals surface area contributed by atoms with Crippen LogP contribution in [0, 0.1) is 17.2 Å². The Labute approximate surface area is 271 Å². The van der Waals surface area contributed by atoms with Gasteiger partial charge in [0.1, 0.15) is 17.1 Å². The molecule has 2 aromatic rings. The molecule has 2 N–H and O–H groups in total. The first-order chi connectivity index (χ1) is 22.1. The van der Waals surface area contributed by atoms with Gasteiger partial charge in [-0.25, -0.2) is 4.79 Å². The molecule has 2 heterocycles. The molecular formula is C33H42ClN5O4S. The minimum Gasteiger partial charge on any atom is -0.409 e. The number of rotatable bonds is 9. The summed E-state index contributed by atoms with van der Waals surface area (Å²) in [7, 11) is 0. The van der Waals surface area contributed by atoms with E-state index in [1.165, 1.54) is 33.3 Å². The van der Waals surface area contributed by atoms with Crippen LogP contribution in [0.1, 0.15) is 83.8 Å². The summed E-state index contributed by atoms with van der Waals surface area (Å²) in [5.74, 6) is -1.47. The molecule has 0 radical (unpaired) electrons. The largest absolute Gasteiger partial charge is 0.415 e. The van der Waals surface area contributed by atoms with Gasteiger partial charge in [-0.3, -0.25) is 9.59 Å². The average molecular weight is 642 g/mol. The fourth-order valence-electron chi connectivity index (χ4n) is 6.29. The third-order valence-electron chi connectivity index (χ3n) is 8.71. The number of nitriles is 1. The smallest absolute Gasteiger partial charge is 0.409 e. The topological polar surface area (TPSA) is 115 Å². The molecule has 44 heavy (non-hydrogen) atoms. The number of hydrogen-bond acceptors (Lipinski definition) is 7. The summed E-state index contributed by atoms with van der Waals surface area (Å²) in [5.41, 5.74) is 0.169. The van der Waals surface area contributed by atoms with Crippen molar-refractivity contribution in [3.8, 4) is 11.8 Å². The van der Waals surface area contributed by atoms with Crippen LogP contribution in [0.3, 0.4) is 0 Å². The standard InChI is InChI=1S/C33H42ClN5O4S/c34-30-24(20-35)11-7-15-29(30)43-33(42)38-16-17-39(28(22-38)31(40)36-21-26-14-8-18-44-26)32(41)27(19-23-9-3-1-4-10-23)37-25-12-5-2-6-13-25/h7-8,11,14-15,18,23,25,27-28,37H,1-6,9-10,12-13,16-17,19,21-22H2,(H,36,40)/t27-,28-/m0/s1/i23D,25D. The van der Waals surface area contributed by atoms with E-state index >= 15 is 0 Å². The Morgan fingerprint density at radius 2 is 1.82 bits per heavy atom. The summed E-state index contributed by atoms with van der Waals surface area (Å²) in [6, 6.07) is 7.56. The van der Waals surface area contributed by atoms with Crippen molar-refractivity contribution in [1.29, 1.82) is 5.26 Å². The Morgan fingerprint density at radius 1 is 1.07 bits per heavy atom. The summed E-state index contributed by atoms with van der Waals surface area (Å²) in [6.07, 6.45) is 7.99. The van der Waals surface area contributed by atoms with Crippen LogP contribution in [0.15, 0.2) is 35.7 Å². The van der Waals surface area contributed by atoms with Crippen molar-refractivity contribution in [1.82, 2.24) is 20.4 Å². The van der Waals surface area contributed by atoms with E-state index < -0.39 is 36.0 Å². The number of benzene rings is 1. The van der Waals surface area contributed by atoms with E-state index in [1.54, 1.807) is 6.07 Å². The molecule has 3 aliphatic rings. The Balaban J connectivity index is 1.38. The molecular weight excluding hydrogens is 598 g/mol. The molecule has 0 spiro atoms. The predicted molar refractivity (Wildman–Crippen MR) is 170 cm³/mol. The van der Waals surface area contributed by atoms with Gasteiger partial charge in [-0.1, -0.05) is 75.1 Å². The van der Waals surface area contributed by atoms with Crippen LogP contribution in [0.2, 0.25) is 5.02 Å². The SMILES string of the molecule is [2H]C1(C[C@H](NC2([2H])CCCCC2)C(=O)N2CCN(C(=O)Oc3cccc(C#N)c3Cl)C[C@H]2C(=O)NCc2cccs2)CCCCC1. The van der Waals surface area contributed by atoms with Gasteiger partial charge in [-0.2, -0.15) is 5.26 Å². The zero-order valence-corrected chi connectivity index (χ0v) is 26.6. The van der Waals surface area contributed by atoms with Crippen molar-refractivity contribution in [3.05, 3.63) is 51.2 Å². The summed E-state index contributed by atoms with van der Waals surface area (Å²) in [6.45, 7) is 0.356. The molecule has 1 saturated heterocycles. The maximum Gasteiger partial charge on any atom is 0.415 e. The van der Waals surface area contributed by atoms with Gasteiger partial charge < -0.3 is 25.2 Å². The lowest BCUT2D eigenvalue weighted by Gasteiger charge is -2.42. The van der Waals surface area contributed by atoms with Crippen LogP contribution in [-0.2, 0) is 16.1 Å². The normalized spacial score (nSPS) is 22.6. The van der Waals surface area contributed by atoms with Gasteiger partial charge in [-0.05, 0) is 48.7 Å². The highest BCUT2D eigenvalue weighted by atomic mass is 35.5. The number of amides is 3. The zero-order valence-electron chi connectivity index (χ0n) is 27.0. The third-order valence-corrected chi connectivity index (χ3v) is 9.98. The fourth-order valence-corrected chi connectivity index (χ4v) is 7.14. The van der Waals surface area contributed by atoms with Crippen LogP contribution in [0.25, 0.3) is 0 Å². The molecule has 2 saturated carbocycles. The summed E-state index contributed by atoms with van der Waals surface area (Å²) in [4.78, 5) is 45.4. The van der Waals surface area contributed by atoms with Crippen molar-refractivity contribution in [3.63, 3.8) is 0 Å². The summed E-state index contributed by atoms with van der Waals surface area (Å²) in [5, 5.41) is 17.6. The minimum atomic E-state index is -1.01. The second-order valence-electron chi connectivity index (χ2n) is 11.8. The van der Waals surface area contributed by atoms with E-state index in [1.807, 2.05) is 23.6 Å². The van der Waals surface area contributed by atoms with E-state index in [0.717, 1.165) is 43.4 Å². The van der Waals surface area contributed by atoms with Gasteiger partial charge in [0.05, 0.1) is 24.7 Å². The number of piperazine rings is 1. The molecule has 1 aromatic carbocycles. The highest BCUT2D eigenvalue weighted by molar-refractivity contribution is 7.09. The molecule has 3 amide bonds. The average Bonchev–Trinajstić information content (AvgIpc) is 3.58. The highest BCUT2D eigenvalue weighted by Crippen LogP contribution is 2.30. The quantitative estimate of drug-likeness (QED) is 0.354. The van der Waals surface area contributed by atoms with Crippen molar-refractivity contribution in [2.24, 2.45) is 5.89 Å². The molecule has 1 aliphatic heterocycles. The number of hydrogen-bond donors (Lipinski definition) is 2. The first-order valence-corrected chi connectivity index (χ1v) is 16.9. The van der Waals surface area contributed by atoms with Gasteiger partial charge in [-0.15, -0.1) is 11.3 Å². The number of halogens is 1. The fraction of sp³-hybridized carbons (Fsp3) is 0.576. The third kappa shape index (κ3) is 8.32. The Hall–Kier alpha value is -3.13. The van der Waals surface area contributed by atoms with Crippen LogP contribution < -0.4 is 15.4 Å². The number of thiophene rings is 1. The highest BCUT2D eigenvalue weighted by Gasteiger charge is 2.41. The second kappa shape index (κ2) is 15.7. The van der Waals surface area contributed by atoms with Crippen LogP contribution >= 0.6 is 22.9 Å².